The van der Waals surface area contributed by atoms with Gasteiger partial charge in [-0.05, 0) is 12.8 Å². The maximum Gasteiger partial charge on any atom is 0.272 e. The van der Waals surface area contributed by atoms with Crippen molar-refractivity contribution in [3.05, 3.63) is 11.0 Å². The Morgan fingerprint density at radius 3 is 2.77 bits per heavy atom. The summed E-state index contributed by atoms with van der Waals surface area (Å²) in [6, 6.07) is 0. The number of carbonyl (C=O) groups is 1. The summed E-state index contributed by atoms with van der Waals surface area (Å²) >= 11 is 6.03. The summed E-state index contributed by atoms with van der Waals surface area (Å²) in [6.07, 6.45) is 1.74. The van der Waals surface area contributed by atoms with Gasteiger partial charge in [-0.15, -0.1) is 10.2 Å². The molecule has 15 nitrogen and oxygen atoms in total. The van der Waals surface area contributed by atoms with Gasteiger partial charge in [-0.3, -0.25) is 16.0 Å². The Kier molecular flexibility index (Phi) is 12.0. The molecule has 0 saturated heterocycles. The third kappa shape index (κ3) is 8.32. The van der Waals surface area contributed by atoms with E-state index in [9.17, 15) is 4.79 Å². The molecule has 0 spiro atoms. The molecule has 168 valence electrons. The van der Waals surface area contributed by atoms with E-state index in [-0.39, 0.29) is 16.7 Å². The maximum atomic E-state index is 12.9. The third-order valence-electron chi connectivity index (χ3n) is 3.92. The first-order chi connectivity index (χ1) is 14.5. The summed E-state index contributed by atoms with van der Waals surface area (Å²) in [6.45, 7) is 3.47. The van der Waals surface area contributed by atoms with E-state index in [1.165, 1.54) is 5.01 Å². The van der Waals surface area contributed by atoms with Gasteiger partial charge in [0.25, 0.3) is 5.91 Å². The fourth-order valence-electron chi connectivity index (χ4n) is 2.45. The predicted octanol–water partition coefficient (Wildman–Crippen LogP) is 0.150. The summed E-state index contributed by atoms with van der Waals surface area (Å²) in [7, 11) is 0. The molecule has 0 aromatic carbocycles. The van der Waals surface area contributed by atoms with Crippen molar-refractivity contribution < 1.29 is 4.79 Å². The van der Waals surface area contributed by atoms with Gasteiger partial charge in [-0.25, -0.2) is 15.5 Å². The Morgan fingerprint density at radius 1 is 1.37 bits per heavy atom. The maximum absolute atomic E-state index is 12.9. The molecule has 0 aliphatic carbocycles. The van der Waals surface area contributed by atoms with Crippen molar-refractivity contribution >= 4 is 23.2 Å². The summed E-state index contributed by atoms with van der Waals surface area (Å²) in [5.41, 5.74) is 6.76. The van der Waals surface area contributed by atoms with Gasteiger partial charge in [0, 0.05) is 13.1 Å². The molecule has 1 rings (SSSR count). The van der Waals surface area contributed by atoms with E-state index >= 15 is 0 Å². The smallest absolute Gasteiger partial charge is 0.272 e. The normalized spacial score (nSPS) is 18.0. The minimum atomic E-state index is -1.05. The van der Waals surface area contributed by atoms with E-state index in [1.54, 1.807) is 0 Å². The Balaban J connectivity index is 2.96. The SMILES string of the molecule is CCCCCN(N)C(NCCCN=N)NC(=O)C1=NC(Cl)=C(N=NN)NC1N=NN. The van der Waals surface area contributed by atoms with Gasteiger partial charge in [-0.1, -0.05) is 41.8 Å². The number of rotatable bonds is 14. The number of aliphatic imine (C=N–C) groups is 1. The number of nitrogens with zero attached hydrogens (tertiary/aromatic N) is 7. The molecule has 0 radical (unpaired) electrons. The van der Waals surface area contributed by atoms with Crippen LogP contribution in [0.25, 0.3) is 0 Å². The minimum Gasteiger partial charge on any atom is -0.338 e. The lowest BCUT2D eigenvalue weighted by Gasteiger charge is -2.30. The Morgan fingerprint density at radius 2 is 2.13 bits per heavy atom. The molecule has 1 amide bonds. The first-order valence-electron chi connectivity index (χ1n) is 9.33. The lowest BCUT2D eigenvalue weighted by molar-refractivity contribution is -0.117. The lowest BCUT2D eigenvalue weighted by Crippen LogP contribution is -2.62. The quantitative estimate of drug-likeness (QED) is 0.0488. The molecule has 30 heavy (non-hydrogen) atoms. The first-order valence-corrected chi connectivity index (χ1v) is 9.70. The predicted molar refractivity (Wildman–Crippen MR) is 110 cm³/mol. The summed E-state index contributed by atoms with van der Waals surface area (Å²) in [4.78, 5) is 16.9. The van der Waals surface area contributed by atoms with Gasteiger partial charge in [0.15, 0.2) is 22.9 Å². The van der Waals surface area contributed by atoms with Crippen LogP contribution in [0, 0.1) is 5.53 Å². The van der Waals surface area contributed by atoms with Crippen LogP contribution < -0.4 is 33.5 Å². The van der Waals surface area contributed by atoms with Gasteiger partial charge < -0.3 is 22.3 Å². The monoisotopic (exact) mass is 444 g/mol. The van der Waals surface area contributed by atoms with Crippen LogP contribution in [-0.4, -0.2) is 48.7 Å². The zero-order valence-electron chi connectivity index (χ0n) is 16.8. The highest BCUT2D eigenvalue weighted by molar-refractivity contribution is 6.43. The number of hydrogen-bond donors (Lipinski definition) is 7. The third-order valence-corrected chi connectivity index (χ3v) is 4.19. The second-order valence-electron chi connectivity index (χ2n) is 6.14. The van der Waals surface area contributed by atoms with E-state index < -0.39 is 18.4 Å². The van der Waals surface area contributed by atoms with Crippen molar-refractivity contribution in [2.45, 2.75) is 45.1 Å². The molecule has 16 heteroatoms. The molecular weight excluding hydrogens is 416 g/mol. The van der Waals surface area contributed by atoms with Crippen LogP contribution >= 0.6 is 11.6 Å². The van der Waals surface area contributed by atoms with Gasteiger partial charge >= 0.3 is 0 Å². The average molecular weight is 445 g/mol. The number of halogens is 1. The number of nitrogens with one attached hydrogen (secondary N) is 4. The number of nitrogens with two attached hydrogens (primary N) is 3. The summed E-state index contributed by atoms with van der Waals surface area (Å²) < 4.78 is 0. The highest BCUT2D eigenvalue weighted by Crippen LogP contribution is 2.18. The molecule has 0 saturated carbocycles. The molecular formula is C14H29ClN14O. The van der Waals surface area contributed by atoms with Crippen molar-refractivity contribution in [2.75, 3.05) is 19.6 Å². The topological polar surface area (TPSA) is 232 Å². The van der Waals surface area contributed by atoms with E-state index in [0.717, 1.165) is 19.3 Å². The van der Waals surface area contributed by atoms with Crippen LogP contribution in [0.2, 0.25) is 0 Å². The highest BCUT2D eigenvalue weighted by atomic mass is 35.5. The zero-order valence-corrected chi connectivity index (χ0v) is 17.5. The number of hydrazine groups is 1. The van der Waals surface area contributed by atoms with E-state index in [4.69, 9.17) is 34.7 Å². The number of hydrogen-bond acceptors (Lipinski definition) is 12. The van der Waals surface area contributed by atoms with Gasteiger partial charge in [0.1, 0.15) is 6.29 Å². The van der Waals surface area contributed by atoms with Gasteiger partial charge in [0.2, 0.25) is 0 Å². The van der Waals surface area contributed by atoms with Crippen molar-refractivity contribution in [3.63, 3.8) is 0 Å². The van der Waals surface area contributed by atoms with Crippen LogP contribution in [0.4, 0.5) is 0 Å². The summed E-state index contributed by atoms with van der Waals surface area (Å²) in [5.74, 6) is 15.7. The molecule has 1 aliphatic rings. The molecule has 0 fully saturated rings. The van der Waals surface area contributed by atoms with Crippen LogP contribution in [0.1, 0.15) is 32.6 Å². The van der Waals surface area contributed by atoms with Crippen molar-refractivity contribution in [2.24, 2.45) is 48.3 Å². The van der Waals surface area contributed by atoms with Crippen LogP contribution in [0.5, 0.6) is 0 Å². The van der Waals surface area contributed by atoms with E-state index in [0.29, 0.717) is 26.1 Å². The average Bonchev–Trinajstić information content (AvgIpc) is 2.72. The molecule has 2 atom stereocenters. The Bertz CT molecular complexity index is 678. The second kappa shape index (κ2) is 14.3. The molecule has 0 aromatic rings. The molecule has 1 aliphatic heterocycles. The Labute approximate surface area is 179 Å². The van der Waals surface area contributed by atoms with Crippen molar-refractivity contribution in [3.8, 4) is 0 Å². The van der Waals surface area contributed by atoms with E-state index in [1.807, 2.05) is 0 Å². The lowest BCUT2D eigenvalue weighted by atomic mass is 10.2. The highest BCUT2D eigenvalue weighted by Gasteiger charge is 2.31. The summed E-state index contributed by atoms with van der Waals surface area (Å²) in [5, 5.41) is 26.8. The number of amides is 1. The van der Waals surface area contributed by atoms with Crippen molar-refractivity contribution in [1.29, 1.82) is 5.53 Å². The molecule has 2 unspecified atom stereocenters. The second-order valence-corrected chi connectivity index (χ2v) is 6.50. The first kappa shape index (κ1) is 25.3. The number of carbonyl (C=O) groups excluding carboxylic acids is 1. The number of unbranched alkanes of at least 4 members (excludes halogenated alkanes) is 2. The van der Waals surface area contributed by atoms with Crippen molar-refractivity contribution in [1.82, 2.24) is 21.0 Å². The standard InChI is InChI=1S/C14H29ClN14O/c1-2-3-4-8-29(19)14(20-6-5-7-21-16)24-13(30)9-11(25-27-17)23-12(26-28-18)10(15)22-9/h11,14,16,20,23H,2-8,19H2,1H3,(H2,17,25)(H2,18,26)(H,24,30). The fraction of sp³-hybridized carbons (Fsp3) is 0.714. The van der Waals surface area contributed by atoms with Gasteiger partial charge in [0.05, 0.1) is 6.54 Å². The minimum absolute atomic E-state index is 0.0157. The molecule has 0 bridgehead atoms. The molecule has 0 aromatic heterocycles. The molecule has 1 heterocycles. The van der Waals surface area contributed by atoms with Crippen LogP contribution in [0.3, 0.4) is 0 Å². The van der Waals surface area contributed by atoms with Crippen LogP contribution in [-0.2, 0) is 4.79 Å². The zero-order chi connectivity index (χ0) is 22.4. The fourth-order valence-corrected chi connectivity index (χ4v) is 2.63. The largest absolute Gasteiger partial charge is 0.338 e. The Hall–Kier alpha value is -2.75. The van der Waals surface area contributed by atoms with Gasteiger partial charge in [-0.2, -0.15) is 5.11 Å². The molecule has 10 N–H and O–H groups in total. The van der Waals surface area contributed by atoms with E-state index in [2.05, 4.69) is 53.7 Å². The van der Waals surface area contributed by atoms with Crippen LogP contribution in [0.15, 0.2) is 41.8 Å².